The molecule has 0 spiro atoms. The maximum absolute atomic E-state index is 12.1. The predicted molar refractivity (Wildman–Crippen MR) is 81.8 cm³/mol. The van der Waals surface area contributed by atoms with Crippen LogP contribution in [0, 0.1) is 0 Å². The van der Waals surface area contributed by atoms with Crippen LogP contribution in [0.2, 0.25) is 0 Å². The Kier molecular flexibility index (Phi) is 6.26. The van der Waals surface area contributed by atoms with E-state index in [0.29, 0.717) is 6.04 Å². The van der Waals surface area contributed by atoms with Gasteiger partial charge in [0.2, 0.25) is 5.91 Å². The van der Waals surface area contributed by atoms with Gasteiger partial charge < -0.3 is 15.5 Å². The van der Waals surface area contributed by atoms with E-state index in [4.69, 9.17) is 0 Å². The molecule has 5 heteroatoms. The fourth-order valence-electron chi connectivity index (χ4n) is 3.58. The topological polar surface area (TPSA) is 47.6 Å². The molecule has 5 nitrogen and oxygen atoms in total. The van der Waals surface area contributed by atoms with Gasteiger partial charge >= 0.3 is 0 Å². The van der Waals surface area contributed by atoms with Gasteiger partial charge in [-0.2, -0.15) is 0 Å². The second-order valence-electron chi connectivity index (χ2n) is 6.00. The number of amides is 1. The normalized spacial score (nSPS) is 29.9. The molecule has 0 bridgehead atoms. The van der Waals surface area contributed by atoms with E-state index in [1.165, 1.54) is 45.3 Å². The Labute approximate surface area is 123 Å². The maximum Gasteiger partial charge on any atom is 0.238 e. The molecular weight excluding hydrogens is 252 g/mol. The molecule has 2 aliphatic rings. The number of hydrogen-bond acceptors (Lipinski definition) is 4. The maximum atomic E-state index is 12.1. The molecule has 2 saturated heterocycles. The van der Waals surface area contributed by atoms with E-state index in [9.17, 15) is 4.79 Å². The van der Waals surface area contributed by atoms with E-state index in [-0.39, 0.29) is 11.9 Å². The molecule has 0 aromatic heterocycles. The summed E-state index contributed by atoms with van der Waals surface area (Å²) < 4.78 is 0. The summed E-state index contributed by atoms with van der Waals surface area (Å²) in [6.07, 6.45) is 4.93. The molecule has 0 aromatic carbocycles. The predicted octanol–water partition coefficient (Wildman–Crippen LogP) is 0.271. The second kappa shape index (κ2) is 7.96. The Morgan fingerprint density at radius 2 is 2.15 bits per heavy atom. The molecule has 1 amide bonds. The van der Waals surface area contributed by atoms with Gasteiger partial charge in [-0.25, -0.2) is 0 Å². The average Bonchev–Trinajstić information content (AvgIpc) is 2.72. The Bertz CT molecular complexity index is 310. The molecule has 2 fully saturated rings. The fourth-order valence-corrected chi connectivity index (χ4v) is 3.58. The van der Waals surface area contributed by atoms with Crippen molar-refractivity contribution < 1.29 is 4.79 Å². The number of carbonyl (C=O) groups is 1. The van der Waals surface area contributed by atoms with Gasteiger partial charge in [0.05, 0.1) is 0 Å². The summed E-state index contributed by atoms with van der Waals surface area (Å²) in [4.78, 5) is 17.1. The van der Waals surface area contributed by atoms with Crippen LogP contribution in [-0.2, 0) is 4.79 Å². The van der Waals surface area contributed by atoms with E-state index in [2.05, 4.69) is 27.4 Å². The largest absolute Gasteiger partial charge is 0.358 e. The zero-order chi connectivity index (χ0) is 14.4. The van der Waals surface area contributed by atoms with Crippen molar-refractivity contribution in [1.82, 2.24) is 20.4 Å². The van der Waals surface area contributed by atoms with E-state index in [1.807, 2.05) is 0 Å². The number of hydrogen-bond donors (Lipinski definition) is 2. The molecule has 0 aliphatic carbocycles. The SMILES string of the molecule is CCCN1CCCC(N2CCNCC2C(=O)NC)CC1. The van der Waals surface area contributed by atoms with Crippen molar-refractivity contribution in [2.45, 2.75) is 44.7 Å². The van der Waals surface area contributed by atoms with Gasteiger partial charge in [-0.1, -0.05) is 6.92 Å². The van der Waals surface area contributed by atoms with Crippen molar-refractivity contribution in [3.8, 4) is 0 Å². The third kappa shape index (κ3) is 3.93. The van der Waals surface area contributed by atoms with Gasteiger partial charge in [0, 0.05) is 32.7 Å². The third-order valence-corrected chi connectivity index (χ3v) is 4.63. The van der Waals surface area contributed by atoms with Crippen molar-refractivity contribution >= 4 is 5.91 Å². The lowest BCUT2D eigenvalue weighted by atomic mass is 10.0. The van der Waals surface area contributed by atoms with Gasteiger partial charge in [-0.05, 0) is 45.3 Å². The third-order valence-electron chi connectivity index (χ3n) is 4.63. The van der Waals surface area contributed by atoms with Crippen LogP contribution in [-0.4, -0.2) is 74.1 Å². The summed E-state index contributed by atoms with van der Waals surface area (Å²) in [6.45, 7) is 8.66. The first kappa shape index (κ1) is 15.7. The lowest BCUT2D eigenvalue weighted by Crippen LogP contribution is -2.60. The van der Waals surface area contributed by atoms with Crippen LogP contribution in [0.15, 0.2) is 0 Å². The highest BCUT2D eigenvalue weighted by molar-refractivity contribution is 5.81. The van der Waals surface area contributed by atoms with Crippen LogP contribution in [0.3, 0.4) is 0 Å². The van der Waals surface area contributed by atoms with Crippen LogP contribution >= 0.6 is 0 Å². The van der Waals surface area contributed by atoms with Crippen molar-refractivity contribution in [2.75, 3.05) is 46.3 Å². The minimum Gasteiger partial charge on any atom is -0.358 e. The smallest absolute Gasteiger partial charge is 0.238 e. The summed E-state index contributed by atoms with van der Waals surface area (Å²) in [5, 5.41) is 6.17. The Morgan fingerprint density at radius 3 is 2.90 bits per heavy atom. The zero-order valence-electron chi connectivity index (χ0n) is 13.0. The fraction of sp³-hybridized carbons (Fsp3) is 0.933. The van der Waals surface area contributed by atoms with Gasteiger partial charge in [0.1, 0.15) is 6.04 Å². The molecule has 2 atom stereocenters. The minimum absolute atomic E-state index is 0.0106. The first-order valence-corrected chi connectivity index (χ1v) is 8.16. The van der Waals surface area contributed by atoms with E-state index in [1.54, 1.807) is 7.05 Å². The number of rotatable bonds is 4. The molecule has 20 heavy (non-hydrogen) atoms. The second-order valence-corrected chi connectivity index (χ2v) is 6.00. The van der Waals surface area contributed by atoms with Gasteiger partial charge in [-0.3, -0.25) is 9.69 Å². The van der Waals surface area contributed by atoms with Gasteiger partial charge in [0.15, 0.2) is 0 Å². The van der Waals surface area contributed by atoms with Crippen LogP contribution < -0.4 is 10.6 Å². The standard InChI is InChI=1S/C15H30N4O/c1-3-8-18-9-4-5-13(6-10-18)19-11-7-17-12-14(19)15(20)16-2/h13-14,17H,3-12H2,1-2H3,(H,16,20). The van der Waals surface area contributed by atoms with Crippen molar-refractivity contribution in [3.63, 3.8) is 0 Å². The highest BCUT2D eigenvalue weighted by Crippen LogP contribution is 2.20. The summed E-state index contributed by atoms with van der Waals surface area (Å²) in [5.41, 5.74) is 0. The Hall–Kier alpha value is -0.650. The highest BCUT2D eigenvalue weighted by Gasteiger charge is 2.33. The van der Waals surface area contributed by atoms with Gasteiger partial charge in [0.25, 0.3) is 0 Å². The molecule has 2 unspecified atom stereocenters. The molecule has 0 aromatic rings. The lowest BCUT2D eigenvalue weighted by molar-refractivity contribution is -0.127. The molecule has 0 radical (unpaired) electrons. The molecule has 2 N–H and O–H groups in total. The number of carbonyl (C=O) groups excluding carboxylic acids is 1. The van der Waals surface area contributed by atoms with Crippen LogP contribution in [0.1, 0.15) is 32.6 Å². The van der Waals surface area contributed by atoms with Gasteiger partial charge in [-0.15, -0.1) is 0 Å². The number of likely N-dealkylation sites (N-methyl/N-ethyl adjacent to an activating group) is 1. The molecular formula is C15H30N4O. The highest BCUT2D eigenvalue weighted by atomic mass is 16.2. The summed E-state index contributed by atoms with van der Waals surface area (Å²) in [5.74, 6) is 0.159. The quantitative estimate of drug-likeness (QED) is 0.777. The number of piperazine rings is 1. The van der Waals surface area contributed by atoms with Crippen LogP contribution in [0.4, 0.5) is 0 Å². The molecule has 0 saturated carbocycles. The first-order chi connectivity index (χ1) is 9.76. The molecule has 2 aliphatic heterocycles. The number of nitrogens with zero attached hydrogens (tertiary/aromatic N) is 2. The molecule has 2 heterocycles. The van der Waals surface area contributed by atoms with Crippen molar-refractivity contribution in [3.05, 3.63) is 0 Å². The monoisotopic (exact) mass is 282 g/mol. The van der Waals surface area contributed by atoms with Crippen molar-refractivity contribution in [2.24, 2.45) is 0 Å². The molecule has 116 valence electrons. The van der Waals surface area contributed by atoms with E-state index in [0.717, 1.165) is 19.6 Å². The Balaban J connectivity index is 1.95. The number of nitrogens with one attached hydrogen (secondary N) is 2. The van der Waals surface area contributed by atoms with Crippen LogP contribution in [0.25, 0.3) is 0 Å². The van der Waals surface area contributed by atoms with E-state index < -0.39 is 0 Å². The summed E-state index contributed by atoms with van der Waals surface area (Å²) in [7, 11) is 1.74. The molecule has 2 rings (SSSR count). The Morgan fingerprint density at radius 1 is 1.30 bits per heavy atom. The summed E-state index contributed by atoms with van der Waals surface area (Å²) >= 11 is 0. The summed E-state index contributed by atoms with van der Waals surface area (Å²) in [6, 6.07) is 0.581. The average molecular weight is 282 g/mol. The number of likely N-dealkylation sites (tertiary alicyclic amines) is 1. The lowest BCUT2D eigenvalue weighted by Gasteiger charge is -2.40. The zero-order valence-corrected chi connectivity index (χ0v) is 13.0. The first-order valence-electron chi connectivity index (χ1n) is 8.16. The van der Waals surface area contributed by atoms with E-state index >= 15 is 0 Å². The van der Waals surface area contributed by atoms with Crippen molar-refractivity contribution in [1.29, 1.82) is 0 Å². The van der Waals surface area contributed by atoms with Crippen LogP contribution in [0.5, 0.6) is 0 Å². The minimum atomic E-state index is 0.0106.